The monoisotopic (exact) mass is 1120 g/mol. The maximum atomic E-state index is 13.1. The minimum absolute atomic E-state index is 0.0605. The van der Waals surface area contributed by atoms with Crippen molar-refractivity contribution in [3.8, 4) is 0 Å². The number of aliphatic hydroxyl groups is 7. The number of hydrogen-bond donors (Lipinski definition) is 7. The van der Waals surface area contributed by atoms with Gasteiger partial charge in [0.05, 0.1) is 26.4 Å². The standard InChI is InChI=1S/C65H118O14/c1-3-5-7-9-11-13-15-17-19-21-23-25-26-27-29-31-33-35-37-39-41-43-45-47-49-74-51-54(52-75-64-63(73)61(71)59(69)56(79-64)53-76-65-62(72)60(70)58(68)55(50-66)78-65)77-57(67)48-46-44-42-40-38-36-34-32-30-28-24-22-20-18-16-14-12-10-8-6-4-2/h6,8,12,14,18,20,24,28,54-56,58-66,68-73H,3-5,7,9-11,13,15-17,19,21-23,25-27,29-53H2,1-2H3/b8-6-,14-12-,20-18-,28-24-. The minimum atomic E-state index is -1.71. The van der Waals surface area contributed by atoms with Gasteiger partial charge in [0.1, 0.15) is 54.9 Å². The summed E-state index contributed by atoms with van der Waals surface area (Å²) in [4.78, 5) is 13.1. The van der Waals surface area contributed by atoms with Gasteiger partial charge in [0.15, 0.2) is 12.6 Å². The van der Waals surface area contributed by atoms with Crippen LogP contribution in [0.3, 0.4) is 0 Å². The molecule has 7 N–H and O–H groups in total. The topological polar surface area (TPSA) is 214 Å². The molecule has 0 bridgehead atoms. The van der Waals surface area contributed by atoms with Gasteiger partial charge in [0, 0.05) is 13.0 Å². The molecule has 0 aromatic rings. The van der Waals surface area contributed by atoms with E-state index in [4.69, 9.17) is 28.4 Å². The van der Waals surface area contributed by atoms with Crippen molar-refractivity contribution >= 4 is 5.97 Å². The van der Waals surface area contributed by atoms with Crippen molar-refractivity contribution in [1.29, 1.82) is 0 Å². The van der Waals surface area contributed by atoms with Gasteiger partial charge in [-0.3, -0.25) is 4.79 Å². The van der Waals surface area contributed by atoms with Gasteiger partial charge in [-0.1, -0.05) is 249 Å². The van der Waals surface area contributed by atoms with Gasteiger partial charge in [0.25, 0.3) is 0 Å². The van der Waals surface area contributed by atoms with E-state index in [2.05, 4.69) is 62.5 Å². The van der Waals surface area contributed by atoms with Crippen LogP contribution in [-0.4, -0.2) is 142 Å². The highest BCUT2D eigenvalue weighted by atomic mass is 16.7. The molecular weight excluding hydrogens is 1000 g/mol. The van der Waals surface area contributed by atoms with Gasteiger partial charge in [-0.2, -0.15) is 0 Å². The number of esters is 1. The van der Waals surface area contributed by atoms with Crippen LogP contribution in [0.25, 0.3) is 0 Å². The molecule has 0 amide bonds. The predicted molar refractivity (Wildman–Crippen MR) is 316 cm³/mol. The highest BCUT2D eigenvalue weighted by Gasteiger charge is 2.47. The first-order valence-electron chi connectivity index (χ1n) is 32.2. The lowest BCUT2D eigenvalue weighted by atomic mass is 9.98. The molecule has 14 nitrogen and oxygen atoms in total. The Kier molecular flexibility index (Phi) is 47.7. The molecule has 2 saturated heterocycles. The van der Waals surface area contributed by atoms with E-state index >= 15 is 0 Å². The van der Waals surface area contributed by atoms with Crippen molar-refractivity contribution in [1.82, 2.24) is 0 Å². The first-order valence-corrected chi connectivity index (χ1v) is 32.2. The lowest BCUT2D eigenvalue weighted by Crippen LogP contribution is -2.61. The van der Waals surface area contributed by atoms with Gasteiger partial charge in [0.2, 0.25) is 0 Å². The average molecular weight is 1120 g/mol. The Bertz CT molecular complexity index is 1490. The van der Waals surface area contributed by atoms with E-state index in [0.717, 1.165) is 70.6 Å². The van der Waals surface area contributed by atoms with Crippen LogP contribution in [0.1, 0.15) is 258 Å². The third kappa shape index (κ3) is 37.7. The Hall–Kier alpha value is -2.05. The third-order valence-electron chi connectivity index (χ3n) is 15.4. The molecule has 0 radical (unpaired) electrons. The fourth-order valence-corrected chi connectivity index (χ4v) is 10.2. The SMILES string of the molecule is CC/C=C\C/C=C\C/C=C\C/C=C\CCCCCCCCCCC(=O)OC(COCCCCCCCCCCCCCCCCCCCCCCCCCC)COC1OC(COC2OC(CO)C(O)C(O)C2O)C(O)C(O)C1O. The number of hydrogen-bond acceptors (Lipinski definition) is 14. The number of ether oxygens (including phenoxy) is 6. The zero-order chi connectivity index (χ0) is 57.2. The molecule has 2 aliphatic heterocycles. The number of rotatable bonds is 53. The zero-order valence-corrected chi connectivity index (χ0v) is 49.9. The Labute approximate surface area is 480 Å². The molecule has 462 valence electrons. The summed E-state index contributed by atoms with van der Waals surface area (Å²) in [6, 6.07) is 0. The predicted octanol–water partition coefficient (Wildman–Crippen LogP) is 12.6. The molecule has 2 heterocycles. The van der Waals surface area contributed by atoms with Gasteiger partial charge in [-0.25, -0.2) is 0 Å². The van der Waals surface area contributed by atoms with Crippen LogP contribution in [0.4, 0.5) is 0 Å². The molecule has 2 rings (SSSR count). The molecule has 11 unspecified atom stereocenters. The quantitative estimate of drug-likeness (QED) is 0.0172. The molecule has 11 atom stereocenters. The number of unbranched alkanes of at least 4 members (excludes halogenated alkanes) is 31. The molecule has 2 aliphatic rings. The Morgan fingerprint density at radius 1 is 0.430 bits per heavy atom. The fourth-order valence-electron chi connectivity index (χ4n) is 10.2. The second-order valence-electron chi connectivity index (χ2n) is 22.6. The van der Waals surface area contributed by atoms with Crippen LogP contribution >= 0.6 is 0 Å². The molecule has 0 aliphatic carbocycles. The molecule has 79 heavy (non-hydrogen) atoms. The van der Waals surface area contributed by atoms with Crippen molar-refractivity contribution in [3.63, 3.8) is 0 Å². The maximum absolute atomic E-state index is 13.1. The van der Waals surface area contributed by atoms with Crippen molar-refractivity contribution in [2.24, 2.45) is 0 Å². The van der Waals surface area contributed by atoms with Gasteiger partial charge < -0.3 is 64.2 Å². The first kappa shape index (κ1) is 73.1. The number of allylic oxidation sites excluding steroid dienone is 8. The maximum Gasteiger partial charge on any atom is 0.306 e. The Morgan fingerprint density at radius 3 is 1.29 bits per heavy atom. The number of carbonyl (C=O) groups is 1. The molecule has 0 aromatic heterocycles. The van der Waals surface area contributed by atoms with E-state index in [0.29, 0.717) is 13.0 Å². The summed E-state index contributed by atoms with van der Waals surface area (Å²) in [6.07, 6.45) is 47.5. The fraction of sp³-hybridized carbons (Fsp3) is 0.862. The zero-order valence-electron chi connectivity index (χ0n) is 49.9. The van der Waals surface area contributed by atoms with Crippen LogP contribution < -0.4 is 0 Å². The summed E-state index contributed by atoms with van der Waals surface area (Å²) in [5.41, 5.74) is 0. The smallest absolute Gasteiger partial charge is 0.306 e. The van der Waals surface area contributed by atoms with E-state index in [1.165, 1.54) is 161 Å². The van der Waals surface area contributed by atoms with Gasteiger partial charge in [-0.05, 0) is 51.4 Å². The van der Waals surface area contributed by atoms with E-state index in [1.807, 2.05) is 0 Å². The molecule has 0 saturated carbocycles. The van der Waals surface area contributed by atoms with Crippen molar-refractivity contribution < 1.29 is 69.0 Å². The molecule has 2 fully saturated rings. The summed E-state index contributed by atoms with van der Waals surface area (Å²) >= 11 is 0. The second kappa shape index (κ2) is 51.6. The third-order valence-corrected chi connectivity index (χ3v) is 15.4. The van der Waals surface area contributed by atoms with E-state index < -0.39 is 80.7 Å². The Morgan fingerprint density at radius 2 is 0.823 bits per heavy atom. The van der Waals surface area contributed by atoms with Crippen LogP contribution in [-0.2, 0) is 33.2 Å². The number of aliphatic hydroxyl groups excluding tert-OH is 7. The average Bonchev–Trinajstić information content (AvgIpc) is 3.45. The Balaban J connectivity index is 1.67. The molecule has 14 heteroatoms. The lowest BCUT2D eigenvalue weighted by Gasteiger charge is -2.42. The summed E-state index contributed by atoms with van der Waals surface area (Å²) < 4.78 is 34.5. The van der Waals surface area contributed by atoms with Gasteiger partial charge >= 0.3 is 5.97 Å². The van der Waals surface area contributed by atoms with Crippen LogP contribution in [0.15, 0.2) is 48.6 Å². The summed E-state index contributed by atoms with van der Waals surface area (Å²) in [5, 5.41) is 72.5. The highest BCUT2D eigenvalue weighted by Crippen LogP contribution is 2.27. The van der Waals surface area contributed by atoms with Crippen molar-refractivity contribution in [2.75, 3.05) is 33.0 Å². The summed E-state index contributed by atoms with van der Waals surface area (Å²) in [6.45, 7) is 3.62. The second-order valence-corrected chi connectivity index (χ2v) is 22.6. The van der Waals surface area contributed by atoms with Crippen molar-refractivity contribution in [2.45, 2.75) is 325 Å². The summed E-state index contributed by atoms with van der Waals surface area (Å²) in [7, 11) is 0. The van der Waals surface area contributed by atoms with Crippen LogP contribution in [0, 0.1) is 0 Å². The lowest BCUT2D eigenvalue weighted by molar-refractivity contribution is -0.332. The molecule has 0 aromatic carbocycles. The molecule has 0 spiro atoms. The van der Waals surface area contributed by atoms with Crippen molar-refractivity contribution in [3.05, 3.63) is 48.6 Å². The summed E-state index contributed by atoms with van der Waals surface area (Å²) in [5.74, 6) is -0.380. The normalized spacial score (nSPS) is 24.3. The largest absolute Gasteiger partial charge is 0.457 e. The van der Waals surface area contributed by atoms with Crippen LogP contribution in [0.5, 0.6) is 0 Å². The number of carbonyl (C=O) groups excluding carboxylic acids is 1. The van der Waals surface area contributed by atoms with E-state index in [-0.39, 0.29) is 25.6 Å². The van der Waals surface area contributed by atoms with Crippen LogP contribution in [0.2, 0.25) is 0 Å². The first-order chi connectivity index (χ1) is 38.6. The van der Waals surface area contributed by atoms with Gasteiger partial charge in [-0.15, -0.1) is 0 Å². The van der Waals surface area contributed by atoms with E-state index in [9.17, 15) is 40.5 Å². The minimum Gasteiger partial charge on any atom is -0.457 e. The highest BCUT2D eigenvalue weighted by molar-refractivity contribution is 5.69. The molecular formula is C65H118O14. The van der Waals surface area contributed by atoms with E-state index in [1.54, 1.807) is 0 Å².